The maximum atomic E-state index is 11.2. The van der Waals surface area contributed by atoms with E-state index in [0.717, 1.165) is 63.4 Å². The maximum Gasteiger partial charge on any atom is 0.231 e. The first-order valence-corrected chi connectivity index (χ1v) is 12.8. The number of aromatic nitrogens is 1. The maximum absolute atomic E-state index is 11.2. The molecule has 0 atom stereocenters. The first-order chi connectivity index (χ1) is 18.7. The smallest absolute Gasteiger partial charge is 0.231 e. The van der Waals surface area contributed by atoms with Crippen LogP contribution < -0.4 is 36.1 Å². The van der Waals surface area contributed by atoms with Crippen molar-refractivity contribution in [1.29, 1.82) is 0 Å². The Bertz CT molecular complexity index is 1640. The van der Waals surface area contributed by atoms with Crippen LogP contribution in [0.15, 0.2) is 91.1 Å². The highest BCUT2D eigenvalue weighted by molar-refractivity contribution is 5.94. The molecule has 0 bridgehead atoms. The molecule has 0 aliphatic carbocycles. The number of fused-ring (bicyclic) bond motifs is 5. The number of aromatic hydroxyl groups is 1. The topological polar surface area (TPSA) is 55.0 Å². The summed E-state index contributed by atoms with van der Waals surface area (Å²) < 4.78 is 19.2. The molecule has 0 unspecified atom stereocenters. The molecule has 6 nitrogen and oxygen atoms in total. The second kappa shape index (κ2) is 10.0. The number of nitrogens with zero attached hydrogens (tertiary/aromatic N) is 2. The minimum absolute atomic E-state index is 0. The summed E-state index contributed by atoms with van der Waals surface area (Å²) in [5, 5.41) is 12.9. The molecule has 39 heavy (non-hydrogen) atoms. The summed E-state index contributed by atoms with van der Waals surface area (Å²) in [5.74, 6) is 2.20. The van der Waals surface area contributed by atoms with Gasteiger partial charge in [-0.05, 0) is 53.6 Å². The van der Waals surface area contributed by atoms with Crippen LogP contribution in [0.25, 0.3) is 22.0 Å². The van der Waals surface area contributed by atoms with Crippen molar-refractivity contribution < 1.29 is 36.3 Å². The van der Waals surface area contributed by atoms with Gasteiger partial charge in [-0.2, -0.15) is 4.57 Å². The van der Waals surface area contributed by atoms with Gasteiger partial charge in [0.05, 0.1) is 18.1 Å². The van der Waals surface area contributed by atoms with Crippen molar-refractivity contribution in [1.82, 2.24) is 0 Å². The van der Waals surface area contributed by atoms with Gasteiger partial charge in [-0.15, -0.1) is 0 Å². The second-order valence-electron chi connectivity index (χ2n) is 9.64. The number of aryl methyl sites for hydroxylation is 2. The molecular formula is C32H27ClN2O4. The van der Waals surface area contributed by atoms with Crippen LogP contribution in [0.5, 0.6) is 23.0 Å². The third-order valence-electron chi connectivity index (χ3n) is 7.49. The molecule has 7 heteroatoms. The van der Waals surface area contributed by atoms with E-state index >= 15 is 0 Å². The van der Waals surface area contributed by atoms with E-state index in [1.54, 1.807) is 7.11 Å². The molecule has 5 aromatic rings. The SMILES string of the molecule is COc1cc(CN(c2ccccc2)c2ccccc2)c2cc3[n+](cc2c1O)CCc1cc2c(cc1-3)OCO2.[Cl-]. The first-order valence-electron chi connectivity index (χ1n) is 12.8. The van der Waals surface area contributed by atoms with E-state index in [-0.39, 0.29) is 24.9 Å². The fourth-order valence-corrected chi connectivity index (χ4v) is 5.58. The van der Waals surface area contributed by atoms with Gasteiger partial charge in [0.15, 0.2) is 35.7 Å². The summed E-state index contributed by atoms with van der Waals surface area (Å²) in [6.45, 7) is 1.66. The third-order valence-corrected chi connectivity index (χ3v) is 7.49. The lowest BCUT2D eigenvalue weighted by Crippen LogP contribution is -3.00. The third kappa shape index (κ3) is 4.27. The lowest BCUT2D eigenvalue weighted by Gasteiger charge is -2.26. The zero-order valence-electron chi connectivity index (χ0n) is 21.4. The molecule has 7 rings (SSSR count). The Hall–Kier alpha value is -4.42. The van der Waals surface area contributed by atoms with E-state index in [1.807, 2.05) is 18.2 Å². The van der Waals surface area contributed by atoms with Crippen LogP contribution in [-0.4, -0.2) is 19.0 Å². The van der Waals surface area contributed by atoms with Crippen LogP contribution >= 0.6 is 0 Å². The lowest BCUT2D eigenvalue weighted by atomic mass is 9.93. The van der Waals surface area contributed by atoms with Crippen LogP contribution in [0.3, 0.4) is 0 Å². The van der Waals surface area contributed by atoms with E-state index < -0.39 is 0 Å². The number of phenolic OH excluding ortho intramolecular Hbond substituents is 1. The van der Waals surface area contributed by atoms with Gasteiger partial charge < -0.3 is 36.6 Å². The molecule has 2 aliphatic rings. The molecule has 1 aromatic heterocycles. The standard InChI is InChI=1S/C32H26N2O4.ClH/c1-36-31-15-22(18-34(23-8-4-2-5-9-23)24-10-6-3-7-11-24)25-16-28-26-17-30-29(37-20-38-30)14-21(26)12-13-33(28)19-27(25)32(31)35;/h2-11,14-17,19H,12-13,18,20H2,1H3;1H. The highest BCUT2D eigenvalue weighted by atomic mass is 35.5. The average Bonchev–Trinajstić information content (AvgIpc) is 3.43. The molecule has 2 aliphatic heterocycles. The molecule has 0 amide bonds. The van der Waals surface area contributed by atoms with Gasteiger partial charge in [-0.3, -0.25) is 0 Å². The predicted molar refractivity (Wildman–Crippen MR) is 146 cm³/mol. The fraction of sp³-hybridized carbons (Fsp3) is 0.156. The monoisotopic (exact) mass is 538 g/mol. The van der Waals surface area contributed by atoms with Gasteiger partial charge in [0.1, 0.15) is 0 Å². The van der Waals surface area contributed by atoms with Gasteiger partial charge in [-0.25, -0.2) is 0 Å². The molecular weight excluding hydrogens is 512 g/mol. The summed E-state index contributed by atoms with van der Waals surface area (Å²) in [7, 11) is 1.60. The number of phenols is 1. The number of benzene rings is 4. The van der Waals surface area contributed by atoms with Gasteiger partial charge >= 0.3 is 0 Å². The number of halogens is 1. The van der Waals surface area contributed by atoms with E-state index in [1.165, 1.54) is 5.56 Å². The number of rotatable bonds is 5. The van der Waals surface area contributed by atoms with Crippen molar-refractivity contribution in [3.05, 3.63) is 102 Å². The Morgan fingerprint density at radius 2 is 1.54 bits per heavy atom. The molecule has 196 valence electrons. The number of para-hydroxylation sites is 2. The molecule has 0 saturated heterocycles. The van der Waals surface area contributed by atoms with Crippen LogP contribution in [-0.2, 0) is 19.5 Å². The Morgan fingerprint density at radius 3 is 2.21 bits per heavy atom. The number of hydrogen-bond acceptors (Lipinski definition) is 5. The van der Waals surface area contributed by atoms with Crippen molar-refractivity contribution in [2.75, 3.05) is 18.8 Å². The summed E-state index contributed by atoms with van der Waals surface area (Å²) in [6, 6.07) is 29.0. The van der Waals surface area contributed by atoms with E-state index in [4.69, 9.17) is 14.2 Å². The molecule has 1 N–H and O–H groups in total. The van der Waals surface area contributed by atoms with Gasteiger partial charge in [0, 0.05) is 35.8 Å². The minimum Gasteiger partial charge on any atom is -1.00 e. The first kappa shape index (κ1) is 24.9. The fourth-order valence-electron chi connectivity index (χ4n) is 5.58. The minimum atomic E-state index is 0. The normalized spacial score (nSPS) is 12.8. The Balaban J connectivity index is 0.00000277. The molecule has 4 aromatic carbocycles. The largest absolute Gasteiger partial charge is 1.00 e. The van der Waals surface area contributed by atoms with Crippen LogP contribution in [0, 0.1) is 0 Å². The summed E-state index contributed by atoms with van der Waals surface area (Å²) >= 11 is 0. The zero-order valence-corrected chi connectivity index (χ0v) is 22.2. The van der Waals surface area contributed by atoms with Crippen LogP contribution in [0.2, 0.25) is 0 Å². The number of pyridine rings is 1. The highest BCUT2D eigenvalue weighted by Gasteiger charge is 2.29. The molecule has 0 saturated carbocycles. The highest BCUT2D eigenvalue weighted by Crippen LogP contribution is 2.43. The lowest BCUT2D eigenvalue weighted by molar-refractivity contribution is -0.686. The summed E-state index contributed by atoms with van der Waals surface area (Å²) in [4.78, 5) is 2.28. The molecule has 0 fully saturated rings. The van der Waals surface area contributed by atoms with E-state index in [9.17, 15) is 5.11 Å². The average molecular weight is 539 g/mol. The van der Waals surface area contributed by atoms with Gasteiger partial charge in [-0.1, -0.05) is 36.4 Å². The van der Waals surface area contributed by atoms with Crippen molar-refractivity contribution in [2.45, 2.75) is 19.5 Å². The quantitative estimate of drug-likeness (QED) is 0.349. The van der Waals surface area contributed by atoms with Crippen molar-refractivity contribution in [2.24, 2.45) is 0 Å². The number of anilines is 2. The van der Waals surface area contributed by atoms with Gasteiger partial charge in [0.25, 0.3) is 0 Å². The van der Waals surface area contributed by atoms with Crippen LogP contribution in [0.4, 0.5) is 11.4 Å². The summed E-state index contributed by atoms with van der Waals surface area (Å²) in [6.07, 6.45) is 2.93. The Labute approximate surface area is 233 Å². The van der Waals surface area contributed by atoms with Crippen LogP contribution in [0.1, 0.15) is 11.1 Å². The van der Waals surface area contributed by atoms with E-state index in [0.29, 0.717) is 12.3 Å². The number of methoxy groups -OCH3 is 1. The zero-order chi connectivity index (χ0) is 25.6. The van der Waals surface area contributed by atoms with Crippen molar-refractivity contribution in [3.8, 4) is 34.3 Å². The van der Waals surface area contributed by atoms with Gasteiger partial charge in [0.2, 0.25) is 12.5 Å². The molecule has 3 heterocycles. The Morgan fingerprint density at radius 1 is 0.872 bits per heavy atom. The predicted octanol–water partition coefficient (Wildman–Crippen LogP) is 3.14. The summed E-state index contributed by atoms with van der Waals surface area (Å²) in [5.41, 5.74) is 6.69. The number of hydrogen-bond donors (Lipinski definition) is 1. The Kier molecular flexibility index (Phi) is 6.41. The molecule has 0 spiro atoms. The van der Waals surface area contributed by atoms with E-state index in [2.05, 4.69) is 82.4 Å². The number of ether oxygens (including phenoxy) is 3. The second-order valence-corrected chi connectivity index (χ2v) is 9.64. The molecule has 0 radical (unpaired) electrons. The van der Waals surface area contributed by atoms with Crippen molar-refractivity contribution in [3.63, 3.8) is 0 Å². The van der Waals surface area contributed by atoms with Crippen molar-refractivity contribution >= 4 is 22.1 Å².